The van der Waals surface area contributed by atoms with E-state index in [0.717, 1.165) is 16.3 Å². The summed E-state index contributed by atoms with van der Waals surface area (Å²) in [7, 11) is 0. The molecule has 0 aliphatic carbocycles. The van der Waals surface area contributed by atoms with Crippen LogP contribution in [0.2, 0.25) is 5.15 Å². The quantitative estimate of drug-likeness (QED) is 0.608. The Morgan fingerprint density at radius 1 is 1.20 bits per heavy atom. The SMILES string of the molecule is Clc1cc(CSc2cnccn2)ccn1. The van der Waals surface area contributed by atoms with Crippen molar-refractivity contribution in [1.82, 2.24) is 15.0 Å². The molecule has 5 heteroatoms. The van der Waals surface area contributed by atoms with Gasteiger partial charge in [0, 0.05) is 24.3 Å². The Kier molecular flexibility index (Phi) is 3.53. The highest BCUT2D eigenvalue weighted by Gasteiger charge is 1.98. The van der Waals surface area contributed by atoms with Crippen LogP contribution in [-0.4, -0.2) is 15.0 Å². The molecule has 2 heterocycles. The molecule has 0 radical (unpaired) electrons. The van der Waals surface area contributed by atoms with Gasteiger partial charge in [0.15, 0.2) is 0 Å². The third kappa shape index (κ3) is 3.18. The summed E-state index contributed by atoms with van der Waals surface area (Å²) in [6.07, 6.45) is 6.79. The highest BCUT2D eigenvalue weighted by atomic mass is 35.5. The standard InChI is InChI=1S/C10H8ClN3S/c11-9-5-8(1-2-13-9)7-15-10-6-12-3-4-14-10/h1-6H,7H2. The summed E-state index contributed by atoms with van der Waals surface area (Å²) in [5.74, 6) is 0.820. The van der Waals surface area contributed by atoms with Gasteiger partial charge in [-0.2, -0.15) is 0 Å². The van der Waals surface area contributed by atoms with Crippen molar-refractivity contribution >= 4 is 23.4 Å². The number of rotatable bonds is 3. The molecular weight excluding hydrogens is 230 g/mol. The maximum absolute atomic E-state index is 5.78. The molecule has 76 valence electrons. The fourth-order valence-electron chi connectivity index (χ4n) is 1.05. The maximum atomic E-state index is 5.78. The second-order valence-corrected chi connectivity index (χ2v) is 4.20. The molecule has 0 unspecified atom stereocenters. The second kappa shape index (κ2) is 5.09. The lowest BCUT2D eigenvalue weighted by Gasteiger charge is -2.00. The highest BCUT2D eigenvalue weighted by Crippen LogP contribution is 2.20. The van der Waals surface area contributed by atoms with E-state index in [2.05, 4.69) is 15.0 Å². The van der Waals surface area contributed by atoms with Crippen molar-refractivity contribution in [3.05, 3.63) is 47.6 Å². The van der Waals surface area contributed by atoms with Crippen molar-refractivity contribution in [3.8, 4) is 0 Å². The first-order valence-electron chi connectivity index (χ1n) is 4.34. The molecule has 2 rings (SSSR count). The van der Waals surface area contributed by atoms with E-state index in [1.165, 1.54) is 0 Å². The Labute approximate surface area is 96.9 Å². The van der Waals surface area contributed by atoms with Gasteiger partial charge in [0.1, 0.15) is 10.2 Å². The van der Waals surface area contributed by atoms with Gasteiger partial charge >= 0.3 is 0 Å². The Morgan fingerprint density at radius 3 is 2.87 bits per heavy atom. The zero-order valence-electron chi connectivity index (χ0n) is 7.80. The molecule has 2 aromatic heterocycles. The topological polar surface area (TPSA) is 38.7 Å². The van der Waals surface area contributed by atoms with Gasteiger partial charge in [-0.3, -0.25) is 4.98 Å². The molecule has 0 aromatic carbocycles. The Balaban J connectivity index is 1.99. The lowest BCUT2D eigenvalue weighted by molar-refractivity contribution is 1.05. The lowest BCUT2D eigenvalue weighted by Crippen LogP contribution is -1.85. The molecule has 0 saturated carbocycles. The number of aromatic nitrogens is 3. The summed E-state index contributed by atoms with van der Waals surface area (Å²) in [6.45, 7) is 0. The summed E-state index contributed by atoms with van der Waals surface area (Å²) >= 11 is 7.40. The fraction of sp³-hybridized carbons (Fsp3) is 0.100. The molecule has 2 aromatic rings. The molecule has 0 N–H and O–H groups in total. The number of hydrogen-bond acceptors (Lipinski definition) is 4. The monoisotopic (exact) mass is 237 g/mol. The predicted octanol–water partition coefficient (Wildman–Crippen LogP) is 2.82. The average Bonchev–Trinajstić information content (AvgIpc) is 2.28. The van der Waals surface area contributed by atoms with Gasteiger partial charge < -0.3 is 0 Å². The molecule has 0 spiro atoms. The zero-order valence-corrected chi connectivity index (χ0v) is 9.37. The predicted molar refractivity (Wildman–Crippen MR) is 60.8 cm³/mol. The van der Waals surface area contributed by atoms with E-state index < -0.39 is 0 Å². The summed E-state index contributed by atoms with van der Waals surface area (Å²) in [4.78, 5) is 12.1. The molecule has 0 amide bonds. The number of thioether (sulfide) groups is 1. The summed E-state index contributed by atoms with van der Waals surface area (Å²) in [6, 6.07) is 3.79. The Hall–Kier alpha value is -1.13. The van der Waals surface area contributed by atoms with Gasteiger partial charge in [0.25, 0.3) is 0 Å². The van der Waals surface area contributed by atoms with Crippen LogP contribution < -0.4 is 0 Å². The van der Waals surface area contributed by atoms with Crippen LogP contribution in [0, 0.1) is 0 Å². The molecule has 15 heavy (non-hydrogen) atoms. The van der Waals surface area contributed by atoms with Crippen molar-refractivity contribution in [1.29, 1.82) is 0 Å². The second-order valence-electron chi connectivity index (χ2n) is 2.82. The molecular formula is C10H8ClN3S. The average molecular weight is 238 g/mol. The molecule has 0 fully saturated rings. The van der Waals surface area contributed by atoms with Crippen LogP contribution in [0.5, 0.6) is 0 Å². The zero-order chi connectivity index (χ0) is 10.5. The van der Waals surface area contributed by atoms with E-state index in [1.54, 1.807) is 36.5 Å². The van der Waals surface area contributed by atoms with E-state index in [-0.39, 0.29) is 0 Å². The van der Waals surface area contributed by atoms with Gasteiger partial charge in [-0.15, -0.1) is 11.8 Å². The van der Waals surface area contributed by atoms with Crippen molar-refractivity contribution in [3.63, 3.8) is 0 Å². The van der Waals surface area contributed by atoms with Crippen molar-refractivity contribution < 1.29 is 0 Å². The van der Waals surface area contributed by atoms with E-state index in [4.69, 9.17) is 11.6 Å². The van der Waals surface area contributed by atoms with E-state index in [9.17, 15) is 0 Å². The van der Waals surface area contributed by atoms with Gasteiger partial charge in [0.05, 0.1) is 6.20 Å². The van der Waals surface area contributed by atoms with Gasteiger partial charge in [-0.25, -0.2) is 9.97 Å². The Bertz CT molecular complexity index is 436. The molecule has 0 saturated heterocycles. The van der Waals surface area contributed by atoms with Gasteiger partial charge in [-0.1, -0.05) is 11.6 Å². The minimum absolute atomic E-state index is 0.521. The first-order chi connectivity index (χ1) is 7.34. The van der Waals surface area contributed by atoms with Crippen molar-refractivity contribution in [2.45, 2.75) is 10.8 Å². The number of halogens is 1. The molecule has 0 bridgehead atoms. The van der Waals surface area contributed by atoms with Crippen LogP contribution in [0.15, 0.2) is 41.9 Å². The molecule has 3 nitrogen and oxygen atoms in total. The third-order valence-corrected chi connectivity index (χ3v) is 2.91. The van der Waals surface area contributed by atoms with E-state index in [1.807, 2.05) is 12.1 Å². The largest absolute Gasteiger partial charge is 0.260 e. The normalized spacial score (nSPS) is 10.2. The summed E-state index contributed by atoms with van der Waals surface area (Å²) < 4.78 is 0. The van der Waals surface area contributed by atoms with Crippen LogP contribution in [0.4, 0.5) is 0 Å². The van der Waals surface area contributed by atoms with E-state index >= 15 is 0 Å². The highest BCUT2D eigenvalue weighted by molar-refractivity contribution is 7.98. The summed E-state index contributed by atoms with van der Waals surface area (Å²) in [5.41, 5.74) is 1.13. The number of pyridine rings is 1. The van der Waals surface area contributed by atoms with Crippen LogP contribution in [0.25, 0.3) is 0 Å². The van der Waals surface area contributed by atoms with E-state index in [0.29, 0.717) is 5.15 Å². The number of hydrogen-bond donors (Lipinski definition) is 0. The van der Waals surface area contributed by atoms with Crippen molar-refractivity contribution in [2.75, 3.05) is 0 Å². The smallest absolute Gasteiger partial charge is 0.129 e. The summed E-state index contributed by atoms with van der Waals surface area (Å²) in [5, 5.41) is 1.43. The number of nitrogens with zero attached hydrogens (tertiary/aromatic N) is 3. The minimum atomic E-state index is 0.521. The lowest BCUT2D eigenvalue weighted by atomic mass is 10.3. The fourth-order valence-corrected chi connectivity index (χ4v) is 2.01. The minimum Gasteiger partial charge on any atom is -0.260 e. The van der Waals surface area contributed by atoms with Crippen molar-refractivity contribution in [2.24, 2.45) is 0 Å². The van der Waals surface area contributed by atoms with Crippen LogP contribution in [-0.2, 0) is 5.75 Å². The first-order valence-corrected chi connectivity index (χ1v) is 5.70. The van der Waals surface area contributed by atoms with Crippen LogP contribution in [0.3, 0.4) is 0 Å². The third-order valence-electron chi connectivity index (χ3n) is 1.72. The molecule has 0 atom stereocenters. The van der Waals surface area contributed by atoms with Crippen LogP contribution >= 0.6 is 23.4 Å². The van der Waals surface area contributed by atoms with Gasteiger partial charge in [-0.05, 0) is 17.7 Å². The first kappa shape index (κ1) is 10.4. The van der Waals surface area contributed by atoms with Crippen LogP contribution in [0.1, 0.15) is 5.56 Å². The molecule has 0 aliphatic rings. The Morgan fingerprint density at radius 2 is 2.13 bits per heavy atom. The molecule has 0 aliphatic heterocycles. The van der Waals surface area contributed by atoms with Gasteiger partial charge in [0.2, 0.25) is 0 Å². The maximum Gasteiger partial charge on any atom is 0.129 e.